The molecule has 1 saturated carbocycles. The lowest BCUT2D eigenvalue weighted by Crippen LogP contribution is -2.08. The van der Waals surface area contributed by atoms with E-state index in [1.807, 2.05) is 18.2 Å². The number of rotatable bonds is 3. The number of nitrogens with two attached hydrogens (primary N) is 1. The van der Waals surface area contributed by atoms with Crippen molar-refractivity contribution in [3.05, 3.63) is 23.8 Å². The Morgan fingerprint density at radius 2 is 2.07 bits per heavy atom. The predicted octanol–water partition coefficient (Wildman–Crippen LogP) is 3.15. The lowest BCUT2D eigenvalue weighted by molar-refractivity contribution is 0.251. The van der Waals surface area contributed by atoms with Crippen LogP contribution in [0.15, 0.2) is 18.2 Å². The molecule has 0 heterocycles. The number of hydrogen-bond donors (Lipinski definition) is 1. The molecule has 0 aliphatic heterocycles. The summed E-state index contributed by atoms with van der Waals surface area (Å²) in [6.07, 6.45) is 5.37. The molecule has 82 valence electrons. The zero-order chi connectivity index (χ0) is 10.7. The maximum Gasteiger partial charge on any atom is 0.124 e. The topological polar surface area (TPSA) is 35.2 Å². The molecule has 2 rings (SSSR count). The van der Waals surface area contributed by atoms with E-state index in [1.165, 1.54) is 31.2 Å². The van der Waals surface area contributed by atoms with Crippen LogP contribution in [-0.4, -0.2) is 6.61 Å². The first-order valence-electron chi connectivity index (χ1n) is 5.74. The number of ether oxygens (including phenoxy) is 1. The van der Waals surface area contributed by atoms with E-state index in [1.54, 1.807) is 0 Å². The third kappa shape index (κ3) is 2.65. The van der Waals surface area contributed by atoms with Crippen molar-refractivity contribution in [3.63, 3.8) is 0 Å². The van der Waals surface area contributed by atoms with Crippen LogP contribution < -0.4 is 10.5 Å². The number of benzene rings is 1. The first-order chi connectivity index (χ1) is 7.25. The molecule has 0 bridgehead atoms. The number of hydrogen-bond acceptors (Lipinski definition) is 2. The molecule has 1 aliphatic rings. The molecular formula is C13H19NO. The van der Waals surface area contributed by atoms with Crippen LogP contribution in [0.25, 0.3) is 0 Å². The molecule has 1 aromatic carbocycles. The Morgan fingerprint density at radius 3 is 2.80 bits per heavy atom. The van der Waals surface area contributed by atoms with E-state index in [9.17, 15) is 0 Å². The van der Waals surface area contributed by atoms with Crippen LogP contribution in [0.3, 0.4) is 0 Å². The fraction of sp³-hybridized carbons (Fsp3) is 0.538. The van der Waals surface area contributed by atoms with Crippen molar-refractivity contribution >= 4 is 5.69 Å². The molecule has 1 aliphatic carbocycles. The Labute approximate surface area is 91.4 Å². The quantitative estimate of drug-likeness (QED) is 0.769. The molecular weight excluding hydrogens is 186 g/mol. The molecule has 0 aromatic heterocycles. The first-order valence-corrected chi connectivity index (χ1v) is 5.74. The second-order valence-corrected chi connectivity index (χ2v) is 4.49. The first kappa shape index (κ1) is 10.3. The third-order valence-electron chi connectivity index (χ3n) is 3.16. The van der Waals surface area contributed by atoms with Crippen LogP contribution in [0.4, 0.5) is 5.69 Å². The summed E-state index contributed by atoms with van der Waals surface area (Å²) in [6.45, 7) is 2.91. The minimum Gasteiger partial charge on any atom is -0.493 e. The van der Waals surface area contributed by atoms with Crippen molar-refractivity contribution in [2.45, 2.75) is 32.6 Å². The fourth-order valence-corrected chi connectivity index (χ4v) is 2.16. The number of anilines is 1. The summed E-state index contributed by atoms with van der Waals surface area (Å²) in [4.78, 5) is 0. The molecule has 0 radical (unpaired) electrons. The van der Waals surface area contributed by atoms with Gasteiger partial charge in [-0.1, -0.05) is 18.9 Å². The minimum absolute atomic E-state index is 0.755. The molecule has 1 fully saturated rings. The molecule has 0 spiro atoms. The van der Waals surface area contributed by atoms with E-state index >= 15 is 0 Å². The van der Waals surface area contributed by atoms with Gasteiger partial charge < -0.3 is 10.5 Å². The summed E-state index contributed by atoms with van der Waals surface area (Å²) in [5.41, 5.74) is 7.68. The molecule has 15 heavy (non-hydrogen) atoms. The molecule has 0 amide bonds. The van der Waals surface area contributed by atoms with Crippen LogP contribution in [0.5, 0.6) is 5.75 Å². The Hall–Kier alpha value is -1.18. The van der Waals surface area contributed by atoms with Crippen molar-refractivity contribution in [1.29, 1.82) is 0 Å². The second kappa shape index (κ2) is 4.56. The second-order valence-electron chi connectivity index (χ2n) is 4.49. The molecule has 0 atom stereocenters. The Bertz CT molecular complexity index is 329. The van der Waals surface area contributed by atoms with Gasteiger partial charge in [0.1, 0.15) is 5.75 Å². The van der Waals surface area contributed by atoms with Gasteiger partial charge in [0.25, 0.3) is 0 Å². The van der Waals surface area contributed by atoms with Crippen molar-refractivity contribution < 1.29 is 4.74 Å². The molecule has 1 aromatic rings. The Balaban J connectivity index is 1.94. The van der Waals surface area contributed by atoms with E-state index in [-0.39, 0.29) is 0 Å². The van der Waals surface area contributed by atoms with Gasteiger partial charge in [-0.25, -0.2) is 0 Å². The summed E-state index contributed by atoms with van der Waals surface area (Å²) in [7, 11) is 0. The summed E-state index contributed by atoms with van der Waals surface area (Å²) in [6, 6.07) is 5.85. The van der Waals surface area contributed by atoms with Gasteiger partial charge >= 0.3 is 0 Å². The van der Waals surface area contributed by atoms with Gasteiger partial charge in [0.05, 0.1) is 6.61 Å². The zero-order valence-electron chi connectivity index (χ0n) is 9.33. The monoisotopic (exact) mass is 205 g/mol. The van der Waals surface area contributed by atoms with Gasteiger partial charge in [0.2, 0.25) is 0 Å². The van der Waals surface area contributed by atoms with Crippen LogP contribution >= 0.6 is 0 Å². The van der Waals surface area contributed by atoms with E-state index in [4.69, 9.17) is 10.5 Å². The summed E-state index contributed by atoms with van der Waals surface area (Å²) >= 11 is 0. The Morgan fingerprint density at radius 1 is 1.33 bits per heavy atom. The van der Waals surface area contributed by atoms with E-state index in [0.29, 0.717) is 0 Å². The van der Waals surface area contributed by atoms with Crippen molar-refractivity contribution in [2.24, 2.45) is 5.92 Å². The maximum absolute atomic E-state index is 5.82. The van der Waals surface area contributed by atoms with Crippen molar-refractivity contribution in [1.82, 2.24) is 0 Å². The molecule has 2 nitrogen and oxygen atoms in total. The lowest BCUT2D eigenvalue weighted by atomic mass is 10.1. The normalized spacial score (nSPS) is 16.9. The fourth-order valence-electron chi connectivity index (χ4n) is 2.16. The van der Waals surface area contributed by atoms with Gasteiger partial charge in [-0.2, -0.15) is 0 Å². The highest BCUT2D eigenvalue weighted by atomic mass is 16.5. The molecule has 0 saturated heterocycles. The zero-order valence-corrected chi connectivity index (χ0v) is 9.33. The summed E-state index contributed by atoms with van der Waals surface area (Å²) < 4.78 is 5.82. The van der Waals surface area contributed by atoms with Crippen molar-refractivity contribution in [3.8, 4) is 5.75 Å². The highest BCUT2D eigenvalue weighted by Crippen LogP contribution is 2.27. The number of aryl methyl sites for hydroxylation is 1. The van der Waals surface area contributed by atoms with E-state index in [2.05, 4.69) is 6.92 Å². The summed E-state index contributed by atoms with van der Waals surface area (Å²) in [5, 5.41) is 0. The van der Waals surface area contributed by atoms with Crippen LogP contribution in [0.2, 0.25) is 0 Å². The van der Waals surface area contributed by atoms with Crippen LogP contribution in [0, 0.1) is 12.8 Å². The summed E-state index contributed by atoms with van der Waals surface area (Å²) in [5.74, 6) is 1.70. The smallest absolute Gasteiger partial charge is 0.124 e. The molecule has 2 N–H and O–H groups in total. The van der Waals surface area contributed by atoms with Gasteiger partial charge in [0.15, 0.2) is 0 Å². The van der Waals surface area contributed by atoms with Crippen LogP contribution in [-0.2, 0) is 0 Å². The van der Waals surface area contributed by atoms with Crippen molar-refractivity contribution in [2.75, 3.05) is 12.3 Å². The standard InChI is InChI=1S/C13H19NO/c1-10-6-7-12(14)8-13(10)15-9-11-4-2-3-5-11/h6-8,11H,2-5,9,14H2,1H3. The molecule has 0 unspecified atom stereocenters. The largest absolute Gasteiger partial charge is 0.493 e. The maximum atomic E-state index is 5.82. The number of nitrogen functional groups attached to an aromatic ring is 1. The Kier molecular flexibility index (Phi) is 3.14. The van der Waals surface area contributed by atoms with Crippen LogP contribution in [0.1, 0.15) is 31.2 Å². The van der Waals surface area contributed by atoms with Gasteiger partial charge in [0, 0.05) is 11.8 Å². The van der Waals surface area contributed by atoms with Gasteiger partial charge in [-0.05, 0) is 37.3 Å². The minimum atomic E-state index is 0.755. The SMILES string of the molecule is Cc1ccc(N)cc1OCC1CCCC1. The highest BCUT2D eigenvalue weighted by Gasteiger charge is 2.15. The average Bonchev–Trinajstić information content (AvgIpc) is 2.72. The average molecular weight is 205 g/mol. The highest BCUT2D eigenvalue weighted by molar-refractivity contribution is 5.47. The predicted molar refractivity (Wildman–Crippen MR) is 63.0 cm³/mol. The van der Waals surface area contributed by atoms with Gasteiger partial charge in [-0.3, -0.25) is 0 Å². The van der Waals surface area contributed by atoms with E-state index < -0.39 is 0 Å². The van der Waals surface area contributed by atoms with Gasteiger partial charge in [-0.15, -0.1) is 0 Å². The third-order valence-corrected chi connectivity index (χ3v) is 3.16. The lowest BCUT2D eigenvalue weighted by Gasteiger charge is -2.13. The molecule has 2 heteroatoms. The van der Waals surface area contributed by atoms with E-state index in [0.717, 1.165) is 24.0 Å².